The molecule has 0 radical (unpaired) electrons. The number of aliphatic imine (C=N–C) groups is 1. The summed E-state index contributed by atoms with van der Waals surface area (Å²) in [5.74, 6) is -1.29. The number of ether oxygens (including phenoxy) is 2. The van der Waals surface area contributed by atoms with Gasteiger partial charge in [-0.3, -0.25) is 4.79 Å². The number of hydrogen-bond donors (Lipinski definition) is 3. The second-order valence-electron chi connectivity index (χ2n) is 6.34. The number of nitrogens with two attached hydrogens (primary N) is 2. The highest BCUT2D eigenvalue weighted by molar-refractivity contribution is 7.92. The number of halogens is 1. The summed E-state index contributed by atoms with van der Waals surface area (Å²) in [4.78, 5) is 15.4. The van der Waals surface area contributed by atoms with Gasteiger partial charge in [0.15, 0.2) is 11.8 Å². The number of nitrogens with zero attached hydrogens (tertiary/aromatic N) is 2. The summed E-state index contributed by atoms with van der Waals surface area (Å²) in [6, 6.07) is 9.45. The summed E-state index contributed by atoms with van der Waals surface area (Å²) in [7, 11) is -2.70. The van der Waals surface area contributed by atoms with E-state index in [0.29, 0.717) is 15.6 Å². The van der Waals surface area contributed by atoms with Gasteiger partial charge in [0, 0.05) is 0 Å². The zero-order valence-electron chi connectivity index (χ0n) is 16.0. The fraction of sp³-hybridized carbons (Fsp3) is 0.222. The molecule has 0 aromatic heterocycles. The maximum absolute atomic E-state index is 14.9. The van der Waals surface area contributed by atoms with Gasteiger partial charge in [0.1, 0.15) is 30.3 Å². The molecule has 2 aromatic carbocycles. The van der Waals surface area contributed by atoms with Crippen molar-refractivity contribution < 1.29 is 27.1 Å². The van der Waals surface area contributed by atoms with Crippen molar-refractivity contribution in [3.8, 4) is 11.5 Å². The first-order valence-electron chi connectivity index (χ1n) is 8.66. The van der Waals surface area contributed by atoms with E-state index in [4.69, 9.17) is 20.9 Å². The minimum Gasteiger partial charge on any atom is -0.497 e. The Hall–Kier alpha value is -3.54. The van der Waals surface area contributed by atoms with Crippen LogP contribution in [0.4, 0.5) is 10.1 Å². The molecule has 1 fully saturated rings. The van der Waals surface area contributed by atoms with E-state index in [2.05, 4.69) is 4.99 Å². The molecular weight excluding hydrogens is 417 g/mol. The van der Waals surface area contributed by atoms with Gasteiger partial charge >= 0.3 is 10.2 Å². The highest BCUT2D eigenvalue weighted by atomic mass is 32.2. The first kappa shape index (κ1) is 21.2. The van der Waals surface area contributed by atoms with Gasteiger partial charge < -0.3 is 20.9 Å². The fourth-order valence-electron chi connectivity index (χ4n) is 2.78. The van der Waals surface area contributed by atoms with Crippen LogP contribution < -0.4 is 30.0 Å². The molecule has 0 saturated carbocycles. The molecule has 12 heteroatoms. The third-order valence-corrected chi connectivity index (χ3v) is 5.53. The van der Waals surface area contributed by atoms with Crippen LogP contribution in [0.25, 0.3) is 0 Å². The zero-order chi connectivity index (χ0) is 21.9. The number of anilines is 1. The van der Waals surface area contributed by atoms with E-state index in [9.17, 15) is 17.6 Å². The molecule has 1 amide bonds. The molecule has 0 aliphatic carbocycles. The van der Waals surface area contributed by atoms with Crippen molar-refractivity contribution in [3.05, 3.63) is 53.3 Å². The van der Waals surface area contributed by atoms with Crippen LogP contribution in [0.5, 0.6) is 11.5 Å². The summed E-state index contributed by atoms with van der Waals surface area (Å²) < 4.78 is 52.6. The van der Waals surface area contributed by atoms with Crippen molar-refractivity contribution in [2.24, 2.45) is 16.5 Å². The highest BCUT2D eigenvalue weighted by Crippen LogP contribution is 2.36. The lowest BCUT2D eigenvalue weighted by atomic mass is 10.1. The minimum absolute atomic E-state index is 0.0114. The molecule has 0 spiro atoms. The predicted molar refractivity (Wildman–Crippen MR) is 108 cm³/mol. The van der Waals surface area contributed by atoms with Gasteiger partial charge in [-0.25, -0.2) is 18.4 Å². The SMILES string of the molecule is COc1ccc(COc2cc(CN=C(N)N)cc(F)c2N2CC(=O)NS2(=O)=O)cc1. The van der Waals surface area contributed by atoms with Crippen LogP contribution in [0.2, 0.25) is 0 Å². The van der Waals surface area contributed by atoms with Gasteiger partial charge in [-0.1, -0.05) is 12.1 Å². The van der Waals surface area contributed by atoms with Crippen LogP contribution in [0.1, 0.15) is 11.1 Å². The van der Waals surface area contributed by atoms with Crippen LogP contribution in [-0.2, 0) is 28.2 Å². The highest BCUT2D eigenvalue weighted by Gasteiger charge is 2.37. The maximum Gasteiger partial charge on any atom is 0.326 e. The smallest absolute Gasteiger partial charge is 0.326 e. The van der Waals surface area contributed by atoms with Crippen LogP contribution >= 0.6 is 0 Å². The van der Waals surface area contributed by atoms with E-state index < -0.39 is 28.5 Å². The number of amides is 1. The van der Waals surface area contributed by atoms with Gasteiger partial charge in [-0.2, -0.15) is 8.42 Å². The molecule has 0 atom stereocenters. The van der Waals surface area contributed by atoms with Crippen molar-refractivity contribution in [1.82, 2.24) is 4.72 Å². The normalized spacial score (nSPS) is 14.9. The molecule has 30 heavy (non-hydrogen) atoms. The molecule has 0 unspecified atom stereocenters. The molecule has 0 bridgehead atoms. The lowest BCUT2D eigenvalue weighted by Gasteiger charge is -2.20. The third kappa shape index (κ3) is 4.71. The summed E-state index contributed by atoms with van der Waals surface area (Å²) in [6.07, 6.45) is 0. The van der Waals surface area contributed by atoms with Crippen molar-refractivity contribution in [1.29, 1.82) is 0 Å². The molecule has 10 nitrogen and oxygen atoms in total. The number of methoxy groups -OCH3 is 1. The van der Waals surface area contributed by atoms with E-state index in [0.717, 1.165) is 11.6 Å². The number of carbonyl (C=O) groups is 1. The van der Waals surface area contributed by atoms with Crippen molar-refractivity contribution in [2.45, 2.75) is 13.2 Å². The second-order valence-corrected chi connectivity index (χ2v) is 7.93. The van der Waals surface area contributed by atoms with E-state index in [1.165, 1.54) is 13.2 Å². The third-order valence-electron chi connectivity index (χ3n) is 4.16. The molecule has 2 aromatic rings. The molecule has 1 saturated heterocycles. The van der Waals surface area contributed by atoms with Gasteiger partial charge in [0.2, 0.25) is 0 Å². The Balaban J connectivity index is 1.97. The van der Waals surface area contributed by atoms with Gasteiger partial charge in [0.25, 0.3) is 5.91 Å². The summed E-state index contributed by atoms with van der Waals surface area (Å²) in [5, 5.41) is 0. The van der Waals surface area contributed by atoms with Crippen LogP contribution in [0, 0.1) is 5.82 Å². The summed E-state index contributed by atoms with van der Waals surface area (Å²) in [6.45, 7) is -0.592. The first-order chi connectivity index (χ1) is 14.2. The number of carbonyl (C=O) groups excluding carboxylic acids is 1. The largest absolute Gasteiger partial charge is 0.497 e. The van der Waals surface area contributed by atoms with Crippen LogP contribution in [0.3, 0.4) is 0 Å². The molecule has 1 heterocycles. The Bertz CT molecular complexity index is 1080. The summed E-state index contributed by atoms with van der Waals surface area (Å²) >= 11 is 0. The Morgan fingerprint density at radius 2 is 1.93 bits per heavy atom. The monoisotopic (exact) mass is 437 g/mol. The van der Waals surface area contributed by atoms with E-state index in [1.54, 1.807) is 29.0 Å². The van der Waals surface area contributed by atoms with Crippen LogP contribution in [0.15, 0.2) is 41.4 Å². The average molecular weight is 437 g/mol. The average Bonchev–Trinajstić information content (AvgIpc) is 2.96. The lowest BCUT2D eigenvalue weighted by Crippen LogP contribution is -2.30. The molecule has 5 N–H and O–H groups in total. The Labute approximate surface area is 172 Å². The Morgan fingerprint density at radius 3 is 2.50 bits per heavy atom. The number of rotatable bonds is 7. The molecule has 3 rings (SSSR count). The quantitative estimate of drug-likeness (QED) is 0.418. The van der Waals surface area contributed by atoms with Gasteiger partial charge in [-0.15, -0.1) is 0 Å². The van der Waals surface area contributed by atoms with E-state index in [-0.39, 0.29) is 30.5 Å². The fourth-order valence-corrected chi connectivity index (χ4v) is 3.95. The number of nitrogens with one attached hydrogen (secondary N) is 1. The maximum atomic E-state index is 14.9. The van der Waals surface area contributed by atoms with E-state index >= 15 is 0 Å². The lowest BCUT2D eigenvalue weighted by molar-refractivity contribution is -0.117. The van der Waals surface area contributed by atoms with E-state index in [1.807, 2.05) is 0 Å². The molecule has 1 aliphatic heterocycles. The van der Waals surface area contributed by atoms with Crippen molar-refractivity contribution in [3.63, 3.8) is 0 Å². The molecule has 160 valence electrons. The first-order valence-corrected chi connectivity index (χ1v) is 10.1. The van der Waals surface area contributed by atoms with Crippen molar-refractivity contribution >= 4 is 27.8 Å². The van der Waals surface area contributed by atoms with Gasteiger partial charge in [0.05, 0.1) is 13.7 Å². The topological polar surface area (TPSA) is 149 Å². The minimum atomic E-state index is -4.24. The zero-order valence-corrected chi connectivity index (χ0v) is 16.8. The Morgan fingerprint density at radius 1 is 1.23 bits per heavy atom. The number of guanidine groups is 1. The van der Waals surface area contributed by atoms with Crippen LogP contribution in [-0.4, -0.2) is 33.9 Å². The number of benzene rings is 2. The van der Waals surface area contributed by atoms with Gasteiger partial charge in [-0.05, 0) is 35.4 Å². The molecule has 1 aliphatic rings. The van der Waals surface area contributed by atoms with Crippen molar-refractivity contribution in [2.75, 3.05) is 18.0 Å². The Kier molecular flexibility index (Phi) is 5.96. The predicted octanol–water partition coefficient (Wildman–Crippen LogP) is 0.368. The second kappa shape index (κ2) is 8.45. The molecular formula is C18H20FN5O5S. The standard InChI is InChI=1S/C18H20FN5O5S/c1-28-13-4-2-11(3-5-13)10-29-15-7-12(8-22-18(20)21)6-14(19)17(15)24-9-16(25)23-30(24,26)27/h2-7H,8-10H2,1H3,(H,23,25)(H4,20,21,22). The number of hydrogen-bond acceptors (Lipinski definition) is 6. The summed E-state index contributed by atoms with van der Waals surface area (Å²) in [5.41, 5.74) is 11.3.